The number of amides is 1. The van der Waals surface area contributed by atoms with Crippen LogP contribution in [0.2, 0.25) is 0 Å². The molecule has 1 saturated heterocycles. The van der Waals surface area contributed by atoms with Crippen molar-refractivity contribution in [2.24, 2.45) is 11.7 Å². The van der Waals surface area contributed by atoms with Gasteiger partial charge in [-0.2, -0.15) is 0 Å². The van der Waals surface area contributed by atoms with Gasteiger partial charge in [-0.1, -0.05) is 0 Å². The van der Waals surface area contributed by atoms with E-state index in [1.807, 2.05) is 11.9 Å². The van der Waals surface area contributed by atoms with E-state index in [-0.39, 0.29) is 5.91 Å². The summed E-state index contributed by atoms with van der Waals surface area (Å²) in [6.07, 6.45) is 2.47. The molecule has 1 aliphatic heterocycles. The van der Waals surface area contributed by atoms with Crippen LogP contribution in [0.3, 0.4) is 0 Å². The minimum atomic E-state index is 0.158. The second-order valence-electron chi connectivity index (χ2n) is 4.50. The molecule has 1 aliphatic rings. The fraction of sp³-hybridized carbons (Fsp3) is 0.909. The lowest BCUT2D eigenvalue weighted by Gasteiger charge is -2.34. The molecule has 4 nitrogen and oxygen atoms in total. The Bertz CT molecular complexity index is 206. The van der Waals surface area contributed by atoms with Crippen LogP contribution in [0.25, 0.3) is 0 Å². The Kier molecular flexibility index (Phi) is 5.05. The van der Waals surface area contributed by atoms with E-state index >= 15 is 0 Å². The van der Waals surface area contributed by atoms with Gasteiger partial charge in [0.15, 0.2) is 0 Å². The van der Waals surface area contributed by atoms with E-state index in [1.165, 1.54) is 12.8 Å². The summed E-state index contributed by atoms with van der Waals surface area (Å²) in [5.74, 6) is 0.783. The highest BCUT2D eigenvalue weighted by molar-refractivity contribution is 5.72. The van der Waals surface area contributed by atoms with Gasteiger partial charge < -0.3 is 15.5 Å². The first-order chi connectivity index (χ1) is 7.13. The summed E-state index contributed by atoms with van der Waals surface area (Å²) in [5.41, 5.74) is 5.55. The van der Waals surface area contributed by atoms with Crippen LogP contribution in [0.5, 0.6) is 0 Å². The second-order valence-corrected chi connectivity index (χ2v) is 4.50. The van der Waals surface area contributed by atoms with Crippen molar-refractivity contribution in [2.45, 2.75) is 19.8 Å². The van der Waals surface area contributed by atoms with Crippen molar-refractivity contribution in [3.8, 4) is 0 Å². The average molecular weight is 213 g/mol. The number of hydrogen-bond acceptors (Lipinski definition) is 3. The molecular weight excluding hydrogens is 190 g/mol. The smallest absolute Gasteiger partial charge is 0.219 e. The number of carbonyl (C=O) groups is 1. The van der Waals surface area contributed by atoms with Gasteiger partial charge in [0.05, 0.1) is 0 Å². The van der Waals surface area contributed by atoms with Gasteiger partial charge in [0, 0.05) is 40.2 Å². The average Bonchev–Trinajstić information content (AvgIpc) is 2.18. The van der Waals surface area contributed by atoms with Crippen LogP contribution in [0.1, 0.15) is 19.8 Å². The molecule has 2 N–H and O–H groups in total. The summed E-state index contributed by atoms with van der Waals surface area (Å²) in [7, 11) is 1.88. The number of piperidine rings is 1. The zero-order valence-corrected chi connectivity index (χ0v) is 9.91. The zero-order valence-electron chi connectivity index (χ0n) is 9.91. The first-order valence-corrected chi connectivity index (χ1v) is 5.77. The lowest BCUT2D eigenvalue weighted by atomic mass is 9.97. The Morgan fingerprint density at radius 1 is 1.60 bits per heavy atom. The molecule has 1 heterocycles. The molecule has 0 unspecified atom stereocenters. The molecule has 88 valence electrons. The normalized spacial score (nSPS) is 22.7. The molecule has 0 aliphatic carbocycles. The molecule has 0 aromatic carbocycles. The molecule has 0 radical (unpaired) electrons. The Hall–Kier alpha value is -0.610. The molecule has 0 saturated carbocycles. The monoisotopic (exact) mass is 213 g/mol. The number of likely N-dealkylation sites (tertiary alicyclic amines) is 1. The maximum atomic E-state index is 11.1. The van der Waals surface area contributed by atoms with Crippen LogP contribution in [0.15, 0.2) is 0 Å². The maximum Gasteiger partial charge on any atom is 0.219 e. The van der Waals surface area contributed by atoms with Gasteiger partial charge in [0.2, 0.25) is 5.91 Å². The predicted molar refractivity (Wildman–Crippen MR) is 61.5 cm³/mol. The first kappa shape index (κ1) is 12.5. The van der Waals surface area contributed by atoms with Crippen LogP contribution >= 0.6 is 0 Å². The van der Waals surface area contributed by atoms with Gasteiger partial charge in [-0.05, 0) is 25.3 Å². The van der Waals surface area contributed by atoms with E-state index in [1.54, 1.807) is 6.92 Å². The fourth-order valence-electron chi connectivity index (χ4n) is 2.20. The van der Waals surface area contributed by atoms with Gasteiger partial charge >= 0.3 is 0 Å². The van der Waals surface area contributed by atoms with Crippen LogP contribution in [-0.4, -0.2) is 55.5 Å². The molecule has 0 bridgehead atoms. The van der Waals surface area contributed by atoms with E-state index in [0.717, 1.165) is 32.7 Å². The molecule has 1 amide bonds. The van der Waals surface area contributed by atoms with Gasteiger partial charge in [-0.15, -0.1) is 0 Å². The third-order valence-electron chi connectivity index (χ3n) is 3.12. The molecule has 1 fully saturated rings. The first-order valence-electron chi connectivity index (χ1n) is 5.77. The number of hydrogen-bond donors (Lipinski definition) is 1. The van der Waals surface area contributed by atoms with Gasteiger partial charge in [-0.3, -0.25) is 4.79 Å². The number of nitrogens with zero attached hydrogens (tertiary/aromatic N) is 2. The molecule has 0 aromatic rings. The largest absolute Gasteiger partial charge is 0.346 e. The molecule has 0 spiro atoms. The lowest BCUT2D eigenvalue weighted by Crippen LogP contribution is -2.42. The van der Waals surface area contributed by atoms with Gasteiger partial charge in [-0.25, -0.2) is 0 Å². The van der Waals surface area contributed by atoms with Crippen molar-refractivity contribution in [1.29, 1.82) is 0 Å². The second kappa shape index (κ2) is 6.08. The quantitative estimate of drug-likeness (QED) is 0.722. The minimum Gasteiger partial charge on any atom is -0.346 e. The van der Waals surface area contributed by atoms with Gasteiger partial charge in [0.1, 0.15) is 0 Å². The van der Waals surface area contributed by atoms with E-state index in [2.05, 4.69) is 4.90 Å². The Balaban J connectivity index is 2.32. The Morgan fingerprint density at radius 2 is 2.33 bits per heavy atom. The predicted octanol–water partition coefficient (Wildman–Crippen LogP) is 0.135. The van der Waals surface area contributed by atoms with E-state index < -0.39 is 0 Å². The maximum absolute atomic E-state index is 11.1. The third-order valence-corrected chi connectivity index (χ3v) is 3.12. The molecule has 1 rings (SSSR count). The topological polar surface area (TPSA) is 49.6 Å². The van der Waals surface area contributed by atoms with Gasteiger partial charge in [0.25, 0.3) is 0 Å². The highest BCUT2D eigenvalue weighted by Gasteiger charge is 2.20. The van der Waals surface area contributed by atoms with Crippen molar-refractivity contribution in [1.82, 2.24) is 9.80 Å². The van der Waals surface area contributed by atoms with E-state index in [9.17, 15) is 4.79 Å². The summed E-state index contributed by atoms with van der Waals surface area (Å²) in [6.45, 7) is 6.48. The van der Waals surface area contributed by atoms with Crippen LogP contribution in [0, 0.1) is 5.92 Å². The summed E-state index contributed by atoms with van der Waals surface area (Å²) in [5, 5.41) is 0. The van der Waals surface area contributed by atoms with Crippen molar-refractivity contribution >= 4 is 5.91 Å². The molecule has 15 heavy (non-hydrogen) atoms. The molecule has 0 aromatic heterocycles. The third kappa shape index (κ3) is 4.18. The number of carbonyl (C=O) groups excluding carboxylic acids is 1. The van der Waals surface area contributed by atoms with Crippen molar-refractivity contribution < 1.29 is 4.79 Å². The summed E-state index contributed by atoms with van der Waals surface area (Å²) >= 11 is 0. The highest BCUT2D eigenvalue weighted by atomic mass is 16.2. The standard InChI is InChI=1S/C11H23N3O/c1-10(15)13(2)8-11-4-3-6-14(9-11)7-5-12/h11H,3-9,12H2,1-2H3/t11-/m1/s1. The Morgan fingerprint density at radius 3 is 2.93 bits per heavy atom. The van der Waals surface area contributed by atoms with E-state index in [4.69, 9.17) is 5.73 Å². The molecule has 1 atom stereocenters. The number of rotatable bonds is 4. The number of nitrogens with two attached hydrogens (primary N) is 1. The van der Waals surface area contributed by atoms with Crippen molar-refractivity contribution in [2.75, 3.05) is 39.8 Å². The van der Waals surface area contributed by atoms with E-state index in [0.29, 0.717) is 5.92 Å². The van der Waals surface area contributed by atoms with Crippen molar-refractivity contribution in [3.05, 3.63) is 0 Å². The summed E-state index contributed by atoms with van der Waals surface area (Å²) in [6, 6.07) is 0. The summed E-state index contributed by atoms with van der Waals surface area (Å²) < 4.78 is 0. The zero-order chi connectivity index (χ0) is 11.3. The molecule has 4 heteroatoms. The lowest BCUT2D eigenvalue weighted by molar-refractivity contribution is -0.128. The Labute approximate surface area is 92.4 Å². The minimum absolute atomic E-state index is 0.158. The SMILES string of the molecule is CC(=O)N(C)C[C@H]1CCCN(CCN)C1. The van der Waals surface area contributed by atoms with Crippen LogP contribution in [0.4, 0.5) is 0 Å². The van der Waals surface area contributed by atoms with Crippen LogP contribution < -0.4 is 5.73 Å². The fourth-order valence-corrected chi connectivity index (χ4v) is 2.20. The highest BCUT2D eigenvalue weighted by Crippen LogP contribution is 2.16. The molecular formula is C11H23N3O. The summed E-state index contributed by atoms with van der Waals surface area (Å²) in [4.78, 5) is 15.3. The van der Waals surface area contributed by atoms with Crippen LogP contribution in [-0.2, 0) is 4.79 Å². The van der Waals surface area contributed by atoms with Crippen molar-refractivity contribution in [3.63, 3.8) is 0 Å².